The van der Waals surface area contributed by atoms with Crippen molar-refractivity contribution in [1.82, 2.24) is 5.32 Å². The molecule has 1 aromatic rings. The van der Waals surface area contributed by atoms with Gasteiger partial charge < -0.3 is 20.6 Å². The third kappa shape index (κ3) is 3.38. The molecule has 0 saturated heterocycles. The highest BCUT2D eigenvalue weighted by Crippen LogP contribution is 2.20. The predicted octanol–water partition coefficient (Wildman–Crippen LogP) is 0.937. The van der Waals surface area contributed by atoms with E-state index in [1.54, 1.807) is 13.8 Å². The van der Waals surface area contributed by atoms with Gasteiger partial charge in [-0.25, -0.2) is 4.79 Å². The van der Waals surface area contributed by atoms with Gasteiger partial charge >= 0.3 is 5.97 Å². The molecule has 0 bridgehead atoms. The molecule has 0 fully saturated rings. The van der Waals surface area contributed by atoms with Crippen LogP contribution < -0.4 is 5.32 Å². The van der Waals surface area contributed by atoms with E-state index in [0.717, 1.165) is 18.2 Å². The fraction of sp³-hybridized carbons (Fsp3) is 0.333. The predicted molar refractivity (Wildman–Crippen MR) is 63.5 cm³/mol. The minimum absolute atomic E-state index is 0.000556. The lowest BCUT2D eigenvalue weighted by molar-refractivity contribution is -0.140. The number of phenols is 2. The number of nitrogens with one attached hydrogen (secondary N) is 1. The molecule has 4 N–H and O–H groups in total. The Bertz CT molecular complexity index is 449. The number of rotatable bonds is 4. The lowest BCUT2D eigenvalue weighted by Crippen LogP contribution is -2.44. The number of carbonyl (C=O) groups excluding carboxylic acids is 1. The van der Waals surface area contributed by atoms with E-state index in [4.69, 9.17) is 5.11 Å². The van der Waals surface area contributed by atoms with Gasteiger partial charge in [-0.2, -0.15) is 0 Å². The van der Waals surface area contributed by atoms with Gasteiger partial charge in [0.1, 0.15) is 17.5 Å². The lowest BCUT2D eigenvalue weighted by Gasteiger charge is -2.17. The van der Waals surface area contributed by atoms with Crippen LogP contribution in [0.3, 0.4) is 0 Å². The first kappa shape index (κ1) is 13.8. The fourth-order valence-corrected chi connectivity index (χ4v) is 1.46. The smallest absolute Gasteiger partial charge is 0.326 e. The minimum atomic E-state index is -1.14. The molecule has 0 radical (unpaired) electrons. The van der Waals surface area contributed by atoms with E-state index in [1.807, 2.05) is 0 Å². The van der Waals surface area contributed by atoms with Crippen LogP contribution in [0.15, 0.2) is 18.2 Å². The molecule has 1 atom stereocenters. The summed E-state index contributed by atoms with van der Waals surface area (Å²) >= 11 is 0. The Labute approximate surface area is 104 Å². The van der Waals surface area contributed by atoms with Crippen molar-refractivity contribution in [3.63, 3.8) is 0 Å². The van der Waals surface area contributed by atoms with Crippen LogP contribution in [0.25, 0.3) is 0 Å². The van der Waals surface area contributed by atoms with Gasteiger partial charge in [-0.15, -0.1) is 0 Å². The van der Waals surface area contributed by atoms with Gasteiger partial charge in [0.2, 0.25) is 0 Å². The second kappa shape index (κ2) is 5.39. The zero-order valence-electron chi connectivity index (χ0n) is 10.0. The number of amides is 1. The Kier molecular flexibility index (Phi) is 4.14. The third-order valence-corrected chi connectivity index (χ3v) is 2.38. The summed E-state index contributed by atoms with van der Waals surface area (Å²) in [6, 6.07) is 2.35. The highest BCUT2D eigenvalue weighted by atomic mass is 16.4. The monoisotopic (exact) mass is 253 g/mol. The zero-order chi connectivity index (χ0) is 13.9. The quantitative estimate of drug-likeness (QED) is 0.638. The molecule has 0 aliphatic heterocycles. The summed E-state index contributed by atoms with van der Waals surface area (Å²) in [5.74, 6) is -2.62. The molecule has 0 aliphatic rings. The van der Waals surface area contributed by atoms with Crippen LogP contribution in [0.5, 0.6) is 11.5 Å². The number of benzene rings is 1. The highest BCUT2D eigenvalue weighted by Gasteiger charge is 2.24. The number of carboxylic acids is 1. The zero-order valence-corrected chi connectivity index (χ0v) is 10.0. The van der Waals surface area contributed by atoms with Gasteiger partial charge in [0.15, 0.2) is 0 Å². The van der Waals surface area contributed by atoms with Crippen LogP contribution in [0.1, 0.15) is 24.2 Å². The van der Waals surface area contributed by atoms with Crippen LogP contribution >= 0.6 is 0 Å². The maximum Gasteiger partial charge on any atom is 0.326 e. The fourth-order valence-electron chi connectivity index (χ4n) is 1.46. The van der Waals surface area contributed by atoms with Crippen LogP contribution in [0.4, 0.5) is 0 Å². The molecule has 98 valence electrons. The SMILES string of the molecule is CC(C)[C@@H](NC(=O)c1cc(O)cc(O)c1)C(=O)O. The molecule has 0 heterocycles. The van der Waals surface area contributed by atoms with Crippen molar-refractivity contribution in [3.05, 3.63) is 23.8 Å². The maximum absolute atomic E-state index is 11.8. The van der Waals surface area contributed by atoms with Gasteiger partial charge in [-0.3, -0.25) is 4.79 Å². The molecule has 1 aromatic carbocycles. The molecular weight excluding hydrogens is 238 g/mol. The largest absolute Gasteiger partial charge is 0.508 e. The minimum Gasteiger partial charge on any atom is -0.508 e. The summed E-state index contributed by atoms with van der Waals surface area (Å²) in [6.07, 6.45) is 0. The highest BCUT2D eigenvalue weighted by molar-refractivity contribution is 5.97. The molecule has 1 rings (SSSR count). The summed E-state index contributed by atoms with van der Waals surface area (Å²) in [5, 5.41) is 29.7. The molecule has 0 spiro atoms. The van der Waals surface area contributed by atoms with Gasteiger partial charge in [0, 0.05) is 11.6 Å². The van der Waals surface area contributed by atoms with Crippen LogP contribution in [0, 0.1) is 5.92 Å². The van der Waals surface area contributed by atoms with Crippen molar-refractivity contribution in [2.75, 3.05) is 0 Å². The van der Waals surface area contributed by atoms with E-state index < -0.39 is 17.9 Å². The van der Waals surface area contributed by atoms with Gasteiger partial charge in [0.25, 0.3) is 5.91 Å². The van der Waals surface area contributed by atoms with Gasteiger partial charge in [-0.1, -0.05) is 13.8 Å². The molecular formula is C12H15NO5. The Morgan fingerprint density at radius 3 is 2.00 bits per heavy atom. The third-order valence-electron chi connectivity index (χ3n) is 2.38. The average Bonchev–Trinajstić information content (AvgIpc) is 2.23. The number of phenolic OH excluding ortho intramolecular Hbond substituents is 2. The van der Waals surface area contributed by atoms with E-state index >= 15 is 0 Å². The average molecular weight is 253 g/mol. The van der Waals surface area contributed by atoms with Crippen LogP contribution in [0.2, 0.25) is 0 Å². The summed E-state index contributed by atoms with van der Waals surface area (Å²) in [7, 11) is 0. The van der Waals surface area contributed by atoms with E-state index in [-0.39, 0.29) is 23.0 Å². The Morgan fingerprint density at radius 2 is 1.61 bits per heavy atom. The maximum atomic E-state index is 11.8. The number of hydrogen-bond donors (Lipinski definition) is 4. The molecule has 0 aliphatic carbocycles. The molecule has 6 heteroatoms. The second-order valence-electron chi connectivity index (χ2n) is 4.27. The van der Waals surface area contributed by atoms with Gasteiger partial charge in [0.05, 0.1) is 0 Å². The normalized spacial score (nSPS) is 12.2. The molecule has 0 saturated carbocycles. The molecule has 0 unspecified atom stereocenters. The molecule has 1 amide bonds. The number of aromatic hydroxyl groups is 2. The number of carbonyl (C=O) groups is 2. The molecule has 6 nitrogen and oxygen atoms in total. The van der Waals surface area contributed by atoms with Crippen molar-refractivity contribution in [1.29, 1.82) is 0 Å². The first-order chi connectivity index (χ1) is 8.31. The Hall–Kier alpha value is -2.24. The van der Waals surface area contributed by atoms with Crippen molar-refractivity contribution < 1.29 is 24.9 Å². The van der Waals surface area contributed by atoms with Crippen molar-refractivity contribution in [3.8, 4) is 11.5 Å². The first-order valence-corrected chi connectivity index (χ1v) is 5.38. The number of hydrogen-bond acceptors (Lipinski definition) is 4. The Balaban J connectivity index is 2.90. The lowest BCUT2D eigenvalue weighted by atomic mass is 10.0. The Morgan fingerprint density at radius 1 is 1.11 bits per heavy atom. The number of carboxylic acid groups (broad SMARTS) is 1. The topological polar surface area (TPSA) is 107 Å². The van der Waals surface area contributed by atoms with Crippen molar-refractivity contribution in [2.45, 2.75) is 19.9 Å². The second-order valence-corrected chi connectivity index (χ2v) is 4.27. The first-order valence-electron chi connectivity index (χ1n) is 5.38. The summed E-state index contributed by atoms with van der Waals surface area (Å²) in [4.78, 5) is 22.7. The molecule has 18 heavy (non-hydrogen) atoms. The molecule has 0 aromatic heterocycles. The summed E-state index contributed by atoms with van der Waals surface area (Å²) in [6.45, 7) is 3.33. The van der Waals surface area contributed by atoms with E-state index in [9.17, 15) is 19.8 Å². The van der Waals surface area contributed by atoms with Crippen LogP contribution in [-0.4, -0.2) is 33.2 Å². The summed E-state index contributed by atoms with van der Waals surface area (Å²) < 4.78 is 0. The summed E-state index contributed by atoms with van der Waals surface area (Å²) in [5.41, 5.74) is -0.000556. The van der Waals surface area contributed by atoms with Gasteiger partial charge in [-0.05, 0) is 18.1 Å². The van der Waals surface area contributed by atoms with E-state index in [1.165, 1.54) is 0 Å². The van der Waals surface area contributed by atoms with E-state index in [0.29, 0.717) is 0 Å². The van der Waals surface area contributed by atoms with E-state index in [2.05, 4.69) is 5.32 Å². The standard InChI is InChI=1S/C12H15NO5/c1-6(2)10(12(17)18)13-11(16)7-3-8(14)5-9(15)4-7/h3-6,10,14-15H,1-2H3,(H,13,16)(H,17,18)/t10-/m1/s1. The van der Waals surface area contributed by atoms with Crippen molar-refractivity contribution >= 4 is 11.9 Å². The number of aliphatic carboxylic acids is 1. The van der Waals surface area contributed by atoms with Crippen molar-refractivity contribution in [2.24, 2.45) is 5.92 Å². The van der Waals surface area contributed by atoms with Crippen LogP contribution in [-0.2, 0) is 4.79 Å².